The summed E-state index contributed by atoms with van der Waals surface area (Å²) in [4.78, 5) is 1.32. The van der Waals surface area contributed by atoms with E-state index in [9.17, 15) is 0 Å². The van der Waals surface area contributed by atoms with E-state index >= 15 is 0 Å². The highest BCUT2D eigenvalue weighted by Crippen LogP contribution is 2.18. The van der Waals surface area contributed by atoms with Crippen LogP contribution in [-0.2, 0) is 0 Å². The largest absolute Gasteiger partial charge is 0.316 e. The first-order valence-electron chi connectivity index (χ1n) is 5.15. The predicted octanol–water partition coefficient (Wildman–Crippen LogP) is 2.78. The van der Waals surface area contributed by atoms with E-state index in [4.69, 9.17) is 6.42 Å². The van der Waals surface area contributed by atoms with Crippen molar-refractivity contribution in [2.24, 2.45) is 0 Å². The Balaban J connectivity index is 2.31. The van der Waals surface area contributed by atoms with Crippen LogP contribution in [0.25, 0.3) is 0 Å². The third kappa shape index (κ3) is 4.92. The van der Waals surface area contributed by atoms with Gasteiger partial charge in [-0.05, 0) is 25.6 Å². The Labute approximate surface area is 96.7 Å². The molecule has 1 nitrogen and oxygen atoms in total. The lowest BCUT2D eigenvalue weighted by Gasteiger charge is -2.13. The lowest BCUT2D eigenvalue weighted by molar-refractivity contribution is 0.582. The molecule has 1 aromatic rings. The molecule has 0 aliphatic carbocycles. The average molecular weight is 219 g/mol. The molecule has 15 heavy (non-hydrogen) atoms. The molecule has 0 spiro atoms. The van der Waals surface area contributed by atoms with Crippen molar-refractivity contribution in [3.8, 4) is 12.3 Å². The monoisotopic (exact) mass is 219 g/mol. The average Bonchev–Trinajstić information content (AvgIpc) is 2.31. The molecule has 1 N–H and O–H groups in total. The zero-order valence-electron chi connectivity index (χ0n) is 9.07. The second-order valence-corrected chi connectivity index (χ2v) is 4.45. The summed E-state index contributed by atoms with van der Waals surface area (Å²) in [6.07, 6.45) is 7.15. The smallest absolute Gasteiger partial charge is 0.0167 e. The Morgan fingerprint density at radius 2 is 2.13 bits per heavy atom. The van der Waals surface area contributed by atoms with Gasteiger partial charge in [0.05, 0.1) is 0 Å². The van der Waals surface area contributed by atoms with Gasteiger partial charge in [0.25, 0.3) is 0 Å². The second-order valence-electron chi connectivity index (χ2n) is 3.35. The number of rotatable bonds is 6. The van der Waals surface area contributed by atoms with E-state index in [0.717, 1.165) is 18.6 Å². The Morgan fingerprint density at radius 1 is 1.40 bits per heavy atom. The summed E-state index contributed by atoms with van der Waals surface area (Å²) in [7, 11) is 1.99. The van der Waals surface area contributed by atoms with E-state index in [1.807, 2.05) is 24.9 Å². The first-order chi connectivity index (χ1) is 7.36. The van der Waals surface area contributed by atoms with Crippen LogP contribution in [-0.4, -0.2) is 18.8 Å². The Morgan fingerprint density at radius 3 is 2.73 bits per heavy atom. The molecule has 0 saturated carbocycles. The van der Waals surface area contributed by atoms with Crippen molar-refractivity contribution in [3.05, 3.63) is 30.3 Å². The predicted molar refractivity (Wildman–Crippen MR) is 68.1 cm³/mol. The summed E-state index contributed by atoms with van der Waals surface area (Å²) in [5, 5.41) is 3.29. The van der Waals surface area contributed by atoms with Gasteiger partial charge in [0.1, 0.15) is 0 Å². The van der Waals surface area contributed by atoms with Crippen molar-refractivity contribution < 1.29 is 0 Å². The molecule has 1 aromatic carbocycles. The number of hydrogen-bond acceptors (Lipinski definition) is 2. The van der Waals surface area contributed by atoms with Crippen LogP contribution < -0.4 is 5.32 Å². The Hall–Kier alpha value is -0.910. The van der Waals surface area contributed by atoms with E-state index < -0.39 is 0 Å². The summed E-state index contributed by atoms with van der Waals surface area (Å²) < 4.78 is 0. The maximum absolute atomic E-state index is 5.25. The Kier molecular flexibility index (Phi) is 5.99. The third-order valence-electron chi connectivity index (χ3n) is 2.24. The minimum absolute atomic E-state index is 0.506. The quantitative estimate of drug-likeness (QED) is 0.583. The molecule has 0 aromatic heterocycles. The lowest BCUT2D eigenvalue weighted by Crippen LogP contribution is -2.27. The van der Waals surface area contributed by atoms with E-state index in [1.54, 1.807) is 0 Å². The molecule has 1 unspecified atom stereocenters. The molecule has 0 heterocycles. The number of nitrogens with one attached hydrogen (secondary N) is 1. The van der Waals surface area contributed by atoms with Gasteiger partial charge in [-0.2, -0.15) is 0 Å². The first kappa shape index (κ1) is 12.2. The number of hydrogen-bond donors (Lipinski definition) is 1. The van der Waals surface area contributed by atoms with Crippen LogP contribution in [0.1, 0.15) is 12.8 Å². The molecule has 0 fully saturated rings. The van der Waals surface area contributed by atoms with E-state index in [-0.39, 0.29) is 0 Å². The van der Waals surface area contributed by atoms with Crippen molar-refractivity contribution in [3.63, 3.8) is 0 Å². The maximum Gasteiger partial charge on any atom is 0.0167 e. The highest BCUT2D eigenvalue weighted by molar-refractivity contribution is 7.99. The molecule has 1 atom stereocenters. The van der Waals surface area contributed by atoms with Gasteiger partial charge >= 0.3 is 0 Å². The van der Waals surface area contributed by atoms with Crippen molar-refractivity contribution in [1.29, 1.82) is 0 Å². The highest BCUT2D eigenvalue weighted by atomic mass is 32.2. The molecule has 0 aliphatic rings. The van der Waals surface area contributed by atoms with Crippen LogP contribution >= 0.6 is 11.8 Å². The number of benzene rings is 1. The lowest BCUT2D eigenvalue weighted by atomic mass is 10.2. The fourth-order valence-electron chi connectivity index (χ4n) is 1.28. The topological polar surface area (TPSA) is 12.0 Å². The van der Waals surface area contributed by atoms with Gasteiger partial charge in [0.2, 0.25) is 0 Å². The SMILES string of the molecule is C#CCCC(CSc1ccccc1)NC. The van der Waals surface area contributed by atoms with Crippen LogP contribution in [0.2, 0.25) is 0 Å². The number of terminal acetylenes is 1. The van der Waals surface area contributed by atoms with Gasteiger partial charge in [-0.25, -0.2) is 0 Å². The zero-order chi connectivity index (χ0) is 10.9. The van der Waals surface area contributed by atoms with Crippen LogP contribution in [0, 0.1) is 12.3 Å². The van der Waals surface area contributed by atoms with Crippen molar-refractivity contribution >= 4 is 11.8 Å². The van der Waals surface area contributed by atoms with Gasteiger partial charge in [-0.1, -0.05) is 18.2 Å². The van der Waals surface area contributed by atoms with Gasteiger partial charge in [0.15, 0.2) is 0 Å². The summed E-state index contributed by atoms with van der Waals surface area (Å²) in [6, 6.07) is 11.0. The Bertz CT molecular complexity index is 302. The normalized spacial score (nSPS) is 12.0. The molecular formula is C13H17NS. The van der Waals surface area contributed by atoms with E-state index in [2.05, 4.69) is 35.5 Å². The molecule has 0 saturated heterocycles. The first-order valence-corrected chi connectivity index (χ1v) is 6.14. The summed E-state index contributed by atoms with van der Waals surface area (Å²) >= 11 is 1.87. The molecule has 1 rings (SSSR count). The van der Waals surface area contributed by atoms with Crippen LogP contribution in [0.3, 0.4) is 0 Å². The van der Waals surface area contributed by atoms with Crippen molar-refractivity contribution in [1.82, 2.24) is 5.32 Å². The van der Waals surface area contributed by atoms with Gasteiger partial charge in [-0.15, -0.1) is 24.1 Å². The fraction of sp³-hybridized carbons (Fsp3) is 0.385. The minimum atomic E-state index is 0.506. The van der Waals surface area contributed by atoms with Crippen molar-refractivity contribution in [2.45, 2.75) is 23.8 Å². The summed E-state index contributed by atoms with van der Waals surface area (Å²) in [5.41, 5.74) is 0. The van der Waals surface area contributed by atoms with E-state index in [1.165, 1.54) is 4.90 Å². The fourth-order valence-corrected chi connectivity index (χ4v) is 2.36. The molecule has 2 heteroatoms. The zero-order valence-corrected chi connectivity index (χ0v) is 9.89. The summed E-state index contributed by atoms with van der Waals surface area (Å²) in [6.45, 7) is 0. The highest BCUT2D eigenvalue weighted by Gasteiger charge is 2.05. The summed E-state index contributed by atoms with van der Waals surface area (Å²) in [5.74, 6) is 3.75. The van der Waals surface area contributed by atoms with Crippen LogP contribution in [0.4, 0.5) is 0 Å². The van der Waals surface area contributed by atoms with Crippen molar-refractivity contribution in [2.75, 3.05) is 12.8 Å². The second kappa shape index (κ2) is 7.39. The van der Waals surface area contributed by atoms with Crippen LogP contribution in [0.5, 0.6) is 0 Å². The molecule has 0 aliphatic heterocycles. The maximum atomic E-state index is 5.25. The molecule has 0 bridgehead atoms. The third-order valence-corrected chi connectivity index (χ3v) is 3.41. The number of thioether (sulfide) groups is 1. The molecule has 0 radical (unpaired) electrons. The van der Waals surface area contributed by atoms with E-state index in [0.29, 0.717) is 6.04 Å². The van der Waals surface area contributed by atoms with Crippen LogP contribution in [0.15, 0.2) is 35.2 Å². The molecular weight excluding hydrogens is 202 g/mol. The molecule has 80 valence electrons. The van der Waals surface area contributed by atoms with Gasteiger partial charge < -0.3 is 5.32 Å². The standard InChI is InChI=1S/C13H17NS/c1-3-4-8-12(14-2)11-15-13-9-6-5-7-10-13/h1,5-7,9-10,12,14H,4,8,11H2,2H3. The minimum Gasteiger partial charge on any atom is -0.316 e. The molecule has 0 amide bonds. The van der Waals surface area contributed by atoms with Gasteiger partial charge in [0, 0.05) is 23.1 Å². The van der Waals surface area contributed by atoms with Gasteiger partial charge in [-0.3, -0.25) is 0 Å².